The molecule has 0 aromatic carbocycles. The molecule has 0 aliphatic rings. The summed E-state index contributed by atoms with van der Waals surface area (Å²) in [7, 11) is 0. The predicted octanol–water partition coefficient (Wildman–Crippen LogP) is 3.85. The number of rotatable bonds is 10. The molecule has 0 N–H and O–H groups in total. The van der Waals surface area contributed by atoms with E-state index in [1.54, 1.807) is 0 Å². The normalized spacial score (nSPS) is 10.6. The molecule has 0 unspecified atom stereocenters. The molecule has 0 aromatic heterocycles. The van der Waals surface area contributed by atoms with Crippen molar-refractivity contribution in [3.8, 4) is 0 Å². The fourth-order valence-corrected chi connectivity index (χ4v) is 1.26. The second kappa shape index (κ2) is 12.0. The van der Waals surface area contributed by atoms with E-state index in [2.05, 4.69) is 6.92 Å². The molecule has 0 fully saturated rings. The zero-order valence-electron chi connectivity index (χ0n) is 9.06. The Balaban J connectivity index is 2.76. The van der Waals surface area contributed by atoms with E-state index in [0.717, 1.165) is 26.1 Å². The minimum atomic E-state index is 0.816. The second-order valence-corrected chi connectivity index (χ2v) is 3.52. The van der Waals surface area contributed by atoms with E-state index in [1.807, 2.05) is 0 Å². The van der Waals surface area contributed by atoms with E-state index in [4.69, 9.17) is 11.7 Å². The van der Waals surface area contributed by atoms with Gasteiger partial charge in [0.1, 0.15) is 0 Å². The highest BCUT2D eigenvalue weighted by Gasteiger charge is 1.90. The molecule has 0 heterocycles. The average molecular weight is 184 g/mol. The summed E-state index contributed by atoms with van der Waals surface area (Å²) in [5.41, 5.74) is 0. The average Bonchev–Trinajstić information content (AvgIpc) is 2.16. The molecule has 0 aromatic rings. The molecule has 0 amide bonds. The third-order valence-electron chi connectivity index (χ3n) is 2.14. The van der Waals surface area contributed by atoms with Crippen LogP contribution in [0.15, 0.2) is 0 Å². The fraction of sp³-hybridized carbons (Fsp3) is 0.917. The summed E-state index contributed by atoms with van der Waals surface area (Å²) in [5.74, 6) is 0. The van der Waals surface area contributed by atoms with Gasteiger partial charge in [0.2, 0.25) is 0 Å². The molecule has 1 heteroatoms. The zero-order chi connectivity index (χ0) is 9.78. The third kappa shape index (κ3) is 12.0. The van der Waals surface area contributed by atoms with Crippen LogP contribution in [0, 0.1) is 6.92 Å². The first-order chi connectivity index (χ1) is 6.41. The quantitative estimate of drug-likeness (QED) is 0.468. The molecule has 0 atom stereocenters. The number of hydrogen-bond acceptors (Lipinski definition) is 1. The Kier molecular flexibility index (Phi) is 11.9. The first kappa shape index (κ1) is 13.0. The fourth-order valence-electron chi connectivity index (χ4n) is 1.26. The number of hydrogen-bond donors (Lipinski definition) is 0. The molecule has 0 saturated carbocycles. The second-order valence-electron chi connectivity index (χ2n) is 3.52. The van der Waals surface area contributed by atoms with Gasteiger partial charge in [0, 0.05) is 13.2 Å². The Hall–Kier alpha value is -0.0400. The lowest BCUT2D eigenvalue weighted by Crippen LogP contribution is -1.96. The molecule has 13 heavy (non-hydrogen) atoms. The van der Waals surface area contributed by atoms with Crippen molar-refractivity contribution in [1.82, 2.24) is 0 Å². The van der Waals surface area contributed by atoms with Gasteiger partial charge >= 0.3 is 0 Å². The Labute approximate surface area is 83.9 Å². The van der Waals surface area contributed by atoms with Crippen molar-refractivity contribution in [2.75, 3.05) is 13.2 Å². The minimum Gasteiger partial charge on any atom is -0.381 e. The van der Waals surface area contributed by atoms with E-state index < -0.39 is 0 Å². The maximum Gasteiger partial charge on any atom is 0.0466 e. The van der Waals surface area contributed by atoms with Crippen LogP contribution in [-0.4, -0.2) is 13.2 Å². The van der Waals surface area contributed by atoms with Crippen LogP contribution >= 0.6 is 0 Å². The lowest BCUT2D eigenvalue weighted by molar-refractivity contribution is 0.126. The van der Waals surface area contributed by atoms with E-state index in [-0.39, 0.29) is 0 Å². The van der Waals surface area contributed by atoms with Gasteiger partial charge in [-0.15, -0.1) is 0 Å². The Morgan fingerprint density at radius 1 is 0.846 bits per heavy atom. The van der Waals surface area contributed by atoms with Gasteiger partial charge in [-0.1, -0.05) is 39.0 Å². The largest absolute Gasteiger partial charge is 0.381 e. The van der Waals surface area contributed by atoms with Crippen LogP contribution in [-0.2, 0) is 4.74 Å². The van der Waals surface area contributed by atoms with Crippen LogP contribution in [0.4, 0.5) is 0 Å². The SMILES string of the molecule is [CH]CCCCCOCCCCCC. The van der Waals surface area contributed by atoms with Crippen LogP contribution in [0.1, 0.15) is 58.3 Å². The zero-order valence-corrected chi connectivity index (χ0v) is 9.06. The first-order valence-electron chi connectivity index (χ1n) is 5.69. The summed E-state index contributed by atoms with van der Waals surface area (Å²) >= 11 is 0. The maximum atomic E-state index is 5.49. The predicted molar refractivity (Wildman–Crippen MR) is 57.7 cm³/mol. The van der Waals surface area contributed by atoms with E-state index in [1.165, 1.54) is 38.5 Å². The number of ether oxygens (including phenoxy) is 1. The third-order valence-corrected chi connectivity index (χ3v) is 2.14. The monoisotopic (exact) mass is 184 g/mol. The molecule has 78 valence electrons. The van der Waals surface area contributed by atoms with Crippen LogP contribution in [0.3, 0.4) is 0 Å². The summed E-state index contributed by atoms with van der Waals surface area (Å²) < 4.78 is 5.49. The van der Waals surface area contributed by atoms with Crippen LogP contribution in [0.2, 0.25) is 0 Å². The Bertz CT molecular complexity index is 71.2. The molecular weight excluding hydrogens is 160 g/mol. The molecule has 2 radical (unpaired) electrons. The van der Waals surface area contributed by atoms with Crippen molar-refractivity contribution in [3.05, 3.63) is 6.92 Å². The standard InChI is InChI=1S/C12H24O/c1-3-5-7-9-11-13-12-10-8-6-4-2/h1H,3-12H2,2H3. The summed E-state index contributed by atoms with van der Waals surface area (Å²) in [5, 5.41) is 0. The van der Waals surface area contributed by atoms with Crippen molar-refractivity contribution < 1.29 is 4.74 Å². The Morgan fingerprint density at radius 2 is 1.46 bits per heavy atom. The highest BCUT2D eigenvalue weighted by molar-refractivity contribution is 4.44. The summed E-state index contributed by atoms with van der Waals surface area (Å²) in [4.78, 5) is 0. The van der Waals surface area contributed by atoms with E-state index in [0.29, 0.717) is 0 Å². The highest BCUT2D eigenvalue weighted by Crippen LogP contribution is 2.01. The van der Waals surface area contributed by atoms with Gasteiger partial charge in [0.15, 0.2) is 0 Å². The molecule has 0 saturated heterocycles. The Morgan fingerprint density at radius 3 is 2.00 bits per heavy atom. The lowest BCUT2D eigenvalue weighted by Gasteiger charge is -2.03. The summed E-state index contributed by atoms with van der Waals surface area (Å²) in [6.07, 6.45) is 9.53. The van der Waals surface area contributed by atoms with Gasteiger partial charge in [-0.2, -0.15) is 0 Å². The lowest BCUT2D eigenvalue weighted by atomic mass is 10.2. The van der Waals surface area contributed by atoms with Crippen LogP contribution in [0.5, 0.6) is 0 Å². The van der Waals surface area contributed by atoms with Crippen LogP contribution in [0.25, 0.3) is 0 Å². The van der Waals surface area contributed by atoms with Gasteiger partial charge in [-0.05, 0) is 26.2 Å². The van der Waals surface area contributed by atoms with Gasteiger partial charge in [-0.3, -0.25) is 0 Å². The smallest absolute Gasteiger partial charge is 0.0466 e. The van der Waals surface area contributed by atoms with Crippen molar-refractivity contribution in [2.45, 2.75) is 58.3 Å². The molecule has 0 bridgehead atoms. The molecular formula is C12H24O. The molecule has 0 spiro atoms. The maximum absolute atomic E-state index is 5.49. The van der Waals surface area contributed by atoms with Gasteiger partial charge in [0.25, 0.3) is 0 Å². The van der Waals surface area contributed by atoms with Gasteiger partial charge in [-0.25, -0.2) is 0 Å². The van der Waals surface area contributed by atoms with Crippen LogP contribution < -0.4 is 0 Å². The van der Waals surface area contributed by atoms with E-state index in [9.17, 15) is 0 Å². The van der Waals surface area contributed by atoms with E-state index >= 15 is 0 Å². The molecule has 0 aliphatic carbocycles. The minimum absolute atomic E-state index is 0.816. The molecule has 0 aliphatic heterocycles. The van der Waals surface area contributed by atoms with Crippen molar-refractivity contribution in [2.24, 2.45) is 0 Å². The summed E-state index contributed by atoms with van der Waals surface area (Å²) in [6, 6.07) is 0. The topological polar surface area (TPSA) is 9.23 Å². The van der Waals surface area contributed by atoms with Gasteiger partial charge in [0.05, 0.1) is 0 Å². The van der Waals surface area contributed by atoms with Crippen molar-refractivity contribution in [1.29, 1.82) is 0 Å². The summed E-state index contributed by atoms with van der Waals surface area (Å²) in [6.45, 7) is 9.48. The van der Waals surface area contributed by atoms with Gasteiger partial charge < -0.3 is 4.74 Å². The highest BCUT2D eigenvalue weighted by atomic mass is 16.5. The van der Waals surface area contributed by atoms with Crippen molar-refractivity contribution >= 4 is 0 Å². The number of unbranched alkanes of at least 4 members (excludes halogenated alkanes) is 6. The molecule has 1 nitrogen and oxygen atoms in total. The first-order valence-corrected chi connectivity index (χ1v) is 5.69. The molecule has 0 rings (SSSR count). The van der Waals surface area contributed by atoms with Crippen molar-refractivity contribution in [3.63, 3.8) is 0 Å².